The van der Waals surface area contributed by atoms with Crippen molar-refractivity contribution < 1.29 is 5.11 Å². The summed E-state index contributed by atoms with van der Waals surface area (Å²) in [6.45, 7) is 6.35. The van der Waals surface area contributed by atoms with Crippen LogP contribution in [0.2, 0.25) is 0 Å². The summed E-state index contributed by atoms with van der Waals surface area (Å²) in [4.78, 5) is 12.6. The molecular formula is C16H25NO2. The molecule has 106 valence electrons. The Bertz CT molecular complexity index is 509. The first-order chi connectivity index (χ1) is 8.95. The Morgan fingerprint density at radius 2 is 2.05 bits per heavy atom. The van der Waals surface area contributed by atoms with Crippen LogP contribution in [0, 0.1) is 0 Å². The van der Waals surface area contributed by atoms with Gasteiger partial charge in [-0.15, -0.1) is 0 Å². The van der Waals surface area contributed by atoms with Gasteiger partial charge in [0.05, 0.1) is 5.60 Å². The Hall–Kier alpha value is -1.09. The third-order valence-electron chi connectivity index (χ3n) is 3.99. The number of pyridine rings is 1. The number of rotatable bonds is 5. The normalized spacial score (nSPS) is 14.7. The lowest BCUT2D eigenvalue weighted by Crippen LogP contribution is -2.34. The van der Waals surface area contributed by atoms with Gasteiger partial charge >= 0.3 is 0 Å². The summed E-state index contributed by atoms with van der Waals surface area (Å²) in [6, 6.07) is 1.93. The van der Waals surface area contributed by atoms with E-state index in [4.69, 9.17) is 0 Å². The van der Waals surface area contributed by atoms with Gasteiger partial charge in [0.15, 0.2) is 0 Å². The summed E-state index contributed by atoms with van der Waals surface area (Å²) in [5, 5.41) is 10.2. The van der Waals surface area contributed by atoms with Crippen LogP contribution in [0.1, 0.15) is 63.3 Å². The maximum absolute atomic E-state index is 12.6. The van der Waals surface area contributed by atoms with Crippen LogP contribution in [0.4, 0.5) is 0 Å². The predicted octanol–water partition coefficient (Wildman–Crippen LogP) is 2.75. The first kappa shape index (κ1) is 14.3. The minimum atomic E-state index is -1.05. The van der Waals surface area contributed by atoms with E-state index < -0.39 is 5.60 Å². The predicted molar refractivity (Wildman–Crippen MR) is 77.5 cm³/mol. The standard InChI is InChI=1S/C16H25NO2/c1-4-5-6-10-17-14-9-7-8-12(14)11-13(15(17)18)16(2,3)19/h11,19H,4-10H2,1-3H3. The Morgan fingerprint density at radius 1 is 1.32 bits per heavy atom. The number of fused-ring (bicyclic) bond motifs is 1. The lowest BCUT2D eigenvalue weighted by atomic mass is 9.97. The molecule has 0 aromatic carbocycles. The van der Waals surface area contributed by atoms with Crippen LogP contribution in [-0.4, -0.2) is 9.67 Å². The quantitative estimate of drug-likeness (QED) is 0.830. The van der Waals surface area contributed by atoms with E-state index in [1.165, 1.54) is 11.3 Å². The van der Waals surface area contributed by atoms with Crippen LogP contribution in [0.15, 0.2) is 10.9 Å². The van der Waals surface area contributed by atoms with Gasteiger partial charge in [0.25, 0.3) is 5.56 Å². The van der Waals surface area contributed by atoms with Crippen molar-refractivity contribution in [1.82, 2.24) is 4.57 Å². The van der Waals surface area contributed by atoms with Crippen molar-refractivity contribution in [2.75, 3.05) is 0 Å². The van der Waals surface area contributed by atoms with E-state index in [1.54, 1.807) is 13.8 Å². The van der Waals surface area contributed by atoms with E-state index >= 15 is 0 Å². The van der Waals surface area contributed by atoms with Crippen LogP contribution in [0.25, 0.3) is 0 Å². The number of unbranched alkanes of at least 4 members (excludes halogenated alkanes) is 2. The highest BCUT2D eigenvalue weighted by molar-refractivity contribution is 5.32. The molecule has 0 unspecified atom stereocenters. The van der Waals surface area contributed by atoms with Crippen LogP contribution >= 0.6 is 0 Å². The maximum atomic E-state index is 12.6. The molecule has 0 fully saturated rings. The first-order valence-corrected chi connectivity index (χ1v) is 7.43. The molecule has 1 aromatic heterocycles. The largest absolute Gasteiger partial charge is 0.386 e. The lowest BCUT2D eigenvalue weighted by Gasteiger charge is -2.21. The van der Waals surface area contributed by atoms with E-state index in [0.29, 0.717) is 5.56 Å². The van der Waals surface area contributed by atoms with Gasteiger partial charge in [-0.3, -0.25) is 4.79 Å². The number of nitrogens with zero attached hydrogens (tertiary/aromatic N) is 1. The van der Waals surface area contributed by atoms with Gasteiger partial charge in [-0.2, -0.15) is 0 Å². The van der Waals surface area contributed by atoms with Gasteiger partial charge in [0.2, 0.25) is 0 Å². The molecule has 1 aromatic rings. The second-order valence-corrected chi connectivity index (χ2v) is 6.11. The monoisotopic (exact) mass is 263 g/mol. The van der Waals surface area contributed by atoms with Crippen molar-refractivity contribution in [2.24, 2.45) is 0 Å². The van der Waals surface area contributed by atoms with E-state index in [1.807, 2.05) is 10.6 Å². The molecule has 1 aliphatic carbocycles. The summed E-state index contributed by atoms with van der Waals surface area (Å²) in [5.41, 5.74) is 1.96. The lowest BCUT2D eigenvalue weighted by molar-refractivity contribution is 0.0763. The number of aryl methyl sites for hydroxylation is 1. The molecule has 0 aliphatic heterocycles. The summed E-state index contributed by atoms with van der Waals surface area (Å²) in [6.07, 6.45) is 6.50. The zero-order valence-electron chi connectivity index (χ0n) is 12.3. The third kappa shape index (κ3) is 2.92. The van der Waals surface area contributed by atoms with Crippen molar-refractivity contribution in [1.29, 1.82) is 0 Å². The molecule has 1 heterocycles. The second kappa shape index (κ2) is 5.49. The molecule has 0 radical (unpaired) electrons. The van der Waals surface area contributed by atoms with Gasteiger partial charge in [-0.05, 0) is 51.2 Å². The van der Waals surface area contributed by atoms with Crippen molar-refractivity contribution in [3.8, 4) is 0 Å². The highest BCUT2D eigenvalue weighted by Gasteiger charge is 2.26. The molecule has 1 aliphatic rings. The Morgan fingerprint density at radius 3 is 2.68 bits per heavy atom. The number of hydrogen-bond acceptors (Lipinski definition) is 2. The summed E-state index contributed by atoms with van der Waals surface area (Å²) < 4.78 is 1.92. The fraction of sp³-hybridized carbons (Fsp3) is 0.688. The Kier molecular flexibility index (Phi) is 4.14. The molecule has 0 bridgehead atoms. The first-order valence-electron chi connectivity index (χ1n) is 7.43. The minimum absolute atomic E-state index is 0.00394. The van der Waals surface area contributed by atoms with E-state index in [9.17, 15) is 9.90 Å². The molecule has 3 nitrogen and oxygen atoms in total. The smallest absolute Gasteiger partial charge is 0.256 e. The molecule has 2 rings (SSSR count). The molecule has 0 atom stereocenters. The average Bonchev–Trinajstić information content (AvgIpc) is 2.78. The van der Waals surface area contributed by atoms with Crippen LogP contribution in [-0.2, 0) is 25.0 Å². The number of hydrogen-bond donors (Lipinski definition) is 1. The van der Waals surface area contributed by atoms with Gasteiger partial charge in [0.1, 0.15) is 0 Å². The van der Waals surface area contributed by atoms with E-state index in [-0.39, 0.29) is 5.56 Å². The molecule has 0 amide bonds. The molecule has 0 saturated carbocycles. The Labute approximate surface area is 115 Å². The van der Waals surface area contributed by atoms with Crippen molar-refractivity contribution >= 4 is 0 Å². The maximum Gasteiger partial charge on any atom is 0.256 e. The SMILES string of the molecule is CCCCCn1c2c(cc(C(C)(C)O)c1=O)CCC2. The molecule has 19 heavy (non-hydrogen) atoms. The van der Waals surface area contributed by atoms with Gasteiger partial charge in [-0.1, -0.05) is 19.8 Å². The Balaban J connectivity index is 2.45. The topological polar surface area (TPSA) is 42.2 Å². The zero-order chi connectivity index (χ0) is 14.0. The molecule has 0 spiro atoms. The molecule has 0 saturated heterocycles. The summed E-state index contributed by atoms with van der Waals surface area (Å²) >= 11 is 0. The summed E-state index contributed by atoms with van der Waals surface area (Å²) in [7, 11) is 0. The average molecular weight is 263 g/mol. The zero-order valence-corrected chi connectivity index (χ0v) is 12.3. The highest BCUT2D eigenvalue weighted by atomic mass is 16.3. The van der Waals surface area contributed by atoms with E-state index in [0.717, 1.165) is 45.1 Å². The van der Waals surface area contributed by atoms with Crippen LogP contribution in [0.3, 0.4) is 0 Å². The summed E-state index contributed by atoms with van der Waals surface area (Å²) in [5.74, 6) is 0. The number of aromatic nitrogens is 1. The fourth-order valence-corrected chi connectivity index (χ4v) is 2.91. The van der Waals surface area contributed by atoms with Gasteiger partial charge < -0.3 is 9.67 Å². The molecular weight excluding hydrogens is 238 g/mol. The van der Waals surface area contributed by atoms with Crippen LogP contribution in [0.5, 0.6) is 0 Å². The fourth-order valence-electron chi connectivity index (χ4n) is 2.91. The van der Waals surface area contributed by atoms with Crippen molar-refractivity contribution in [3.63, 3.8) is 0 Å². The molecule has 3 heteroatoms. The second-order valence-electron chi connectivity index (χ2n) is 6.11. The number of aliphatic hydroxyl groups is 1. The van der Waals surface area contributed by atoms with E-state index in [2.05, 4.69) is 6.92 Å². The highest BCUT2D eigenvalue weighted by Crippen LogP contribution is 2.25. The van der Waals surface area contributed by atoms with Crippen LogP contribution < -0.4 is 5.56 Å². The van der Waals surface area contributed by atoms with Crippen molar-refractivity contribution in [2.45, 2.75) is 71.4 Å². The van der Waals surface area contributed by atoms with Gasteiger partial charge in [0, 0.05) is 17.8 Å². The molecule has 1 N–H and O–H groups in total. The van der Waals surface area contributed by atoms with Crippen molar-refractivity contribution in [3.05, 3.63) is 33.2 Å². The third-order valence-corrected chi connectivity index (χ3v) is 3.99. The minimum Gasteiger partial charge on any atom is -0.386 e. The van der Waals surface area contributed by atoms with Gasteiger partial charge in [-0.25, -0.2) is 0 Å².